The van der Waals surface area contributed by atoms with Gasteiger partial charge in [-0.25, -0.2) is 0 Å². The predicted octanol–water partition coefficient (Wildman–Crippen LogP) is 4.53. The van der Waals surface area contributed by atoms with Crippen molar-refractivity contribution in [3.63, 3.8) is 0 Å². The molecule has 8 heteroatoms. The summed E-state index contributed by atoms with van der Waals surface area (Å²) < 4.78 is 8.73. The molecule has 1 amide bonds. The standard InChI is InChI=1S/C21H32BrN3O3Si/c1-15(2)14-28-19-8-7-18(22)12-17(19)13-25-16(3)11-20(23-25)24(21(26)27)9-10-29(4,5)6/h7-8,11-12,15H,9-10,13-14H2,1-6H3,(H,26,27)/p-1. The van der Waals surface area contributed by atoms with Crippen molar-refractivity contribution in [2.75, 3.05) is 18.1 Å². The number of ether oxygens (including phenoxy) is 1. The topological polar surface area (TPSA) is 70.4 Å². The number of carbonyl (C=O) groups is 1. The van der Waals surface area contributed by atoms with Crippen LogP contribution in [0.4, 0.5) is 10.6 Å². The molecule has 1 heterocycles. The maximum atomic E-state index is 11.7. The number of carboxylic acid groups (broad SMARTS) is 1. The largest absolute Gasteiger partial charge is 0.530 e. The molecule has 0 spiro atoms. The zero-order chi connectivity index (χ0) is 21.8. The number of hydrogen-bond donors (Lipinski definition) is 0. The van der Waals surface area contributed by atoms with Crippen molar-refractivity contribution in [3.8, 4) is 5.75 Å². The minimum atomic E-state index is -1.39. The molecule has 2 aromatic rings. The van der Waals surface area contributed by atoms with Gasteiger partial charge < -0.3 is 19.5 Å². The molecule has 0 saturated carbocycles. The fourth-order valence-electron chi connectivity index (χ4n) is 2.76. The number of carbonyl (C=O) groups excluding carboxylic acids is 1. The van der Waals surface area contributed by atoms with Gasteiger partial charge >= 0.3 is 0 Å². The molecule has 2 rings (SSSR count). The van der Waals surface area contributed by atoms with E-state index in [1.807, 2.05) is 29.8 Å². The van der Waals surface area contributed by atoms with Crippen LogP contribution in [0.5, 0.6) is 5.75 Å². The average molecular weight is 481 g/mol. The molecule has 160 valence electrons. The third kappa shape index (κ3) is 7.19. The second-order valence-corrected chi connectivity index (χ2v) is 15.5. The van der Waals surface area contributed by atoms with E-state index in [4.69, 9.17) is 4.74 Å². The highest BCUT2D eigenvalue weighted by atomic mass is 79.9. The van der Waals surface area contributed by atoms with Gasteiger partial charge in [-0.15, -0.1) is 0 Å². The molecule has 29 heavy (non-hydrogen) atoms. The van der Waals surface area contributed by atoms with Gasteiger partial charge in [-0.3, -0.25) is 4.68 Å². The lowest BCUT2D eigenvalue weighted by molar-refractivity contribution is -0.246. The quantitative estimate of drug-likeness (QED) is 0.494. The second kappa shape index (κ2) is 9.80. The summed E-state index contributed by atoms with van der Waals surface area (Å²) in [6, 6.07) is 8.56. The Morgan fingerprint density at radius 3 is 2.59 bits per heavy atom. The van der Waals surface area contributed by atoms with Crippen LogP contribution in [0.3, 0.4) is 0 Å². The molecular formula is C21H31BrN3O3Si-. The van der Waals surface area contributed by atoms with E-state index in [0.717, 1.165) is 27.5 Å². The molecular weight excluding hydrogens is 450 g/mol. The molecule has 0 unspecified atom stereocenters. The number of hydrogen-bond acceptors (Lipinski definition) is 4. The van der Waals surface area contributed by atoms with Gasteiger partial charge in [-0.2, -0.15) is 5.10 Å². The summed E-state index contributed by atoms with van der Waals surface area (Å²) in [5.41, 5.74) is 1.87. The molecule has 0 aliphatic heterocycles. The average Bonchev–Trinajstić information content (AvgIpc) is 2.93. The number of nitrogens with zero attached hydrogens (tertiary/aromatic N) is 3. The van der Waals surface area contributed by atoms with Crippen LogP contribution in [0.2, 0.25) is 25.7 Å². The van der Waals surface area contributed by atoms with Gasteiger partial charge in [0.2, 0.25) is 0 Å². The summed E-state index contributed by atoms with van der Waals surface area (Å²) in [6.07, 6.45) is -1.21. The van der Waals surface area contributed by atoms with Crippen LogP contribution in [0, 0.1) is 12.8 Å². The van der Waals surface area contributed by atoms with Crippen LogP contribution in [0.15, 0.2) is 28.7 Å². The third-order valence-corrected chi connectivity index (χ3v) is 6.68. The summed E-state index contributed by atoms with van der Waals surface area (Å²) in [5, 5.41) is 16.3. The van der Waals surface area contributed by atoms with E-state index in [1.54, 1.807) is 6.07 Å². The molecule has 0 aliphatic rings. The van der Waals surface area contributed by atoms with Crippen molar-refractivity contribution in [1.29, 1.82) is 0 Å². The van der Waals surface area contributed by atoms with Crippen molar-refractivity contribution in [2.45, 2.75) is 53.0 Å². The lowest BCUT2D eigenvalue weighted by Gasteiger charge is -2.26. The Hall–Kier alpha value is -1.80. The lowest BCUT2D eigenvalue weighted by atomic mass is 10.2. The van der Waals surface area contributed by atoms with Crippen LogP contribution in [0.25, 0.3) is 0 Å². The smallest absolute Gasteiger partial charge is 0.156 e. The van der Waals surface area contributed by atoms with E-state index in [-0.39, 0.29) is 0 Å². The Labute approximate surface area is 183 Å². The summed E-state index contributed by atoms with van der Waals surface area (Å²) in [6.45, 7) is 14.3. The zero-order valence-electron chi connectivity index (χ0n) is 18.2. The number of benzene rings is 1. The Bertz CT molecular complexity index is 846. The van der Waals surface area contributed by atoms with Gasteiger partial charge in [-0.1, -0.05) is 49.4 Å². The minimum absolute atomic E-state index is 0.411. The molecule has 0 bridgehead atoms. The second-order valence-electron chi connectivity index (χ2n) is 8.99. The maximum Gasteiger partial charge on any atom is 0.156 e. The van der Waals surface area contributed by atoms with Crippen LogP contribution in [-0.4, -0.2) is 37.1 Å². The first kappa shape index (κ1) is 23.5. The SMILES string of the molecule is Cc1cc(N(CC[Si](C)(C)C)C(=O)[O-])nn1Cc1cc(Br)ccc1OCC(C)C. The molecule has 0 radical (unpaired) electrons. The molecule has 0 aliphatic carbocycles. The van der Waals surface area contributed by atoms with E-state index in [9.17, 15) is 9.90 Å². The molecule has 1 aromatic carbocycles. The van der Waals surface area contributed by atoms with Crippen molar-refractivity contribution >= 4 is 35.9 Å². The summed E-state index contributed by atoms with van der Waals surface area (Å²) in [4.78, 5) is 12.9. The first-order chi connectivity index (χ1) is 13.5. The van der Waals surface area contributed by atoms with Crippen LogP contribution in [-0.2, 0) is 6.54 Å². The van der Waals surface area contributed by atoms with E-state index in [2.05, 4.69) is 54.5 Å². The number of amides is 1. The molecule has 6 nitrogen and oxygen atoms in total. The van der Waals surface area contributed by atoms with Crippen LogP contribution >= 0.6 is 15.9 Å². The number of anilines is 1. The predicted molar refractivity (Wildman–Crippen MR) is 121 cm³/mol. The number of aryl methyl sites for hydroxylation is 1. The molecule has 1 aromatic heterocycles. The number of aromatic nitrogens is 2. The fourth-order valence-corrected chi connectivity index (χ4v) is 4.06. The Morgan fingerprint density at radius 2 is 2.00 bits per heavy atom. The van der Waals surface area contributed by atoms with Crippen molar-refractivity contribution < 1.29 is 14.6 Å². The van der Waals surface area contributed by atoms with Crippen LogP contribution < -0.4 is 14.7 Å². The Kier molecular flexibility index (Phi) is 7.93. The molecule has 0 atom stereocenters. The zero-order valence-corrected chi connectivity index (χ0v) is 20.7. The van der Waals surface area contributed by atoms with Gasteiger partial charge in [0.05, 0.1) is 13.2 Å². The summed E-state index contributed by atoms with van der Waals surface area (Å²) >= 11 is 3.52. The maximum absolute atomic E-state index is 11.7. The van der Waals surface area contributed by atoms with Crippen LogP contribution in [0.1, 0.15) is 25.1 Å². The van der Waals surface area contributed by atoms with E-state index >= 15 is 0 Å². The van der Waals surface area contributed by atoms with Gasteiger partial charge in [0.15, 0.2) is 5.82 Å². The number of rotatable bonds is 9. The van der Waals surface area contributed by atoms with Gasteiger partial charge in [0.25, 0.3) is 0 Å². The first-order valence-electron chi connectivity index (χ1n) is 9.90. The van der Waals surface area contributed by atoms with Crippen molar-refractivity contribution in [2.24, 2.45) is 5.92 Å². The molecule has 0 N–H and O–H groups in total. The normalized spacial score (nSPS) is 11.7. The van der Waals surface area contributed by atoms with Gasteiger partial charge in [-0.05, 0) is 37.1 Å². The third-order valence-electron chi connectivity index (χ3n) is 4.47. The minimum Gasteiger partial charge on any atom is -0.530 e. The Balaban J connectivity index is 2.26. The highest BCUT2D eigenvalue weighted by Crippen LogP contribution is 2.26. The lowest BCUT2D eigenvalue weighted by Crippen LogP contribution is -2.44. The monoisotopic (exact) mass is 480 g/mol. The van der Waals surface area contributed by atoms with E-state index in [0.29, 0.717) is 31.4 Å². The highest BCUT2D eigenvalue weighted by molar-refractivity contribution is 9.10. The molecule has 0 saturated heterocycles. The van der Waals surface area contributed by atoms with E-state index in [1.165, 1.54) is 4.90 Å². The Morgan fingerprint density at radius 1 is 1.31 bits per heavy atom. The fraction of sp³-hybridized carbons (Fsp3) is 0.524. The highest BCUT2D eigenvalue weighted by Gasteiger charge is 2.19. The summed E-state index contributed by atoms with van der Waals surface area (Å²) in [7, 11) is -1.39. The van der Waals surface area contributed by atoms with Gasteiger partial charge in [0.1, 0.15) is 11.8 Å². The number of halogens is 1. The van der Waals surface area contributed by atoms with E-state index < -0.39 is 14.2 Å². The molecule has 0 fully saturated rings. The van der Waals surface area contributed by atoms with Crippen molar-refractivity contribution in [3.05, 3.63) is 40.0 Å². The van der Waals surface area contributed by atoms with Crippen molar-refractivity contribution in [1.82, 2.24) is 9.78 Å². The van der Waals surface area contributed by atoms with Gasteiger partial charge in [0, 0.05) is 36.4 Å². The summed E-state index contributed by atoms with van der Waals surface area (Å²) in [5.74, 6) is 1.65. The first-order valence-corrected chi connectivity index (χ1v) is 14.4.